The van der Waals surface area contributed by atoms with E-state index in [0.717, 1.165) is 17.1 Å². The van der Waals surface area contributed by atoms with Gasteiger partial charge in [-0.3, -0.25) is 0 Å². The summed E-state index contributed by atoms with van der Waals surface area (Å²) in [7, 11) is 0. The van der Waals surface area contributed by atoms with E-state index >= 15 is 0 Å². The third kappa shape index (κ3) is 7.53. The second-order valence-corrected chi connectivity index (χ2v) is 17.3. The lowest BCUT2D eigenvalue weighted by molar-refractivity contribution is 1.10. The number of benzene rings is 11. The van der Waals surface area contributed by atoms with Gasteiger partial charge in [-0.15, -0.1) is 0 Å². The van der Waals surface area contributed by atoms with Crippen molar-refractivity contribution in [1.82, 2.24) is 4.57 Å². The summed E-state index contributed by atoms with van der Waals surface area (Å²) >= 11 is 0. The molecule has 12 rings (SSSR count). The van der Waals surface area contributed by atoms with Crippen LogP contribution in [0, 0.1) is 0 Å². The average Bonchev–Trinajstić information content (AvgIpc) is 3.87. The van der Waals surface area contributed by atoms with Crippen LogP contribution in [0.25, 0.3) is 117 Å². The van der Waals surface area contributed by atoms with E-state index in [1.54, 1.807) is 0 Å². The zero-order valence-electron chi connectivity index (χ0n) is 36.9. The SMILES string of the molecule is c1ccc(-c2cc(-c3ccccc3)cc(-c3c4ccccc4c(-c4cc(-c5ccccc5)cc(-c5ccccc5)c4)c4cc(-n5c(-c6ccccc6)ccc5-c5ccccc5)ccc34)c2)cc1. The van der Waals surface area contributed by atoms with Crippen molar-refractivity contribution in [2.24, 2.45) is 0 Å². The molecule has 0 spiro atoms. The lowest BCUT2D eigenvalue weighted by Gasteiger charge is -2.22. The van der Waals surface area contributed by atoms with Crippen LogP contribution in [-0.4, -0.2) is 4.57 Å². The Bertz CT molecular complexity index is 3510. The van der Waals surface area contributed by atoms with Crippen LogP contribution >= 0.6 is 0 Å². The third-order valence-electron chi connectivity index (χ3n) is 13.2. The third-order valence-corrected chi connectivity index (χ3v) is 13.2. The molecule has 0 amide bonds. The standard InChI is InChI=1S/C66H45N/c1-7-21-46(22-8-1)52-39-53(47-23-9-2-10-24-47)42-56(41-52)65-59-33-19-20-34-60(59)66(57-43-54(48-25-11-3-12-26-48)40-55(44-57)49-27-13-4-14-28-49)62-45-58(35-36-61(62)65)67-63(50-29-15-5-16-30-50)37-38-64(67)51-31-17-6-18-32-51/h1-45H. The Morgan fingerprint density at radius 2 is 0.463 bits per heavy atom. The number of aromatic nitrogens is 1. The first-order valence-electron chi connectivity index (χ1n) is 23.1. The summed E-state index contributed by atoms with van der Waals surface area (Å²) in [5, 5.41) is 4.80. The summed E-state index contributed by atoms with van der Waals surface area (Å²) in [5.41, 5.74) is 20.0. The van der Waals surface area contributed by atoms with Crippen molar-refractivity contribution in [2.75, 3.05) is 0 Å². The van der Waals surface area contributed by atoms with Crippen molar-refractivity contribution in [2.45, 2.75) is 0 Å². The van der Waals surface area contributed by atoms with Crippen molar-refractivity contribution < 1.29 is 0 Å². The second-order valence-electron chi connectivity index (χ2n) is 17.3. The minimum absolute atomic E-state index is 1.10. The molecule has 314 valence electrons. The van der Waals surface area contributed by atoms with Crippen molar-refractivity contribution in [3.63, 3.8) is 0 Å². The highest BCUT2D eigenvalue weighted by atomic mass is 15.0. The molecule has 0 saturated carbocycles. The van der Waals surface area contributed by atoms with Gasteiger partial charge in [-0.05, 0) is 160 Å². The summed E-state index contributed by atoms with van der Waals surface area (Å²) in [5.74, 6) is 0. The molecule has 0 N–H and O–H groups in total. The molecule has 1 aromatic heterocycles. The van der Waals surface area contributed by atoms with Gasteiger partial charge in [0.15, 0.2) is 0 Å². The molecule has 0 saturated heterocycles. The monoisotopic (exact) mass is 851 g/mol. The van der Waals surface area contributed by atoms with Crippen molar-refractivity contribution >= 4 is 21.5 Å². The van der Waals surface area contributed by atoms with Crippen LogP contribution in [0.4, 0.5) is 0 Å². The fourth-order valence-electron chi connectivity index (χ4n) is 10.0. The molecule has 1 heterocycles. The Kier molecular flexibility index (Phi) is 10.3. The molecule has 0 unspecified atom stereocenters. The first-order valence-corrected chi connectivity index (χ1v) is 23.1. The van der Waals surface area contributed by atoms with Gasteiger partial charge in [-0.25, -0.2) is 0 Å². The molecule has 67 heavy (non-hydrogen) atoms. The first kappa shape index (κ1) is 39.8. The summed E-state index contributed by atoms with van der Waals surface area (Å²) in [4.78, 5) is 0. The summed E-state index contributed by atoms with van der Waals surface area (Å²) in [6, 6.07) is 99.8. The number of fused-ring (bicyclic) bond motifs is 2. The molecular weight excluding hydrogens is 807 g/mol. The van der Waals surface area contributed by atoms with E-state index in [1.807, 2.05) is 0 Å². The Balaban J connectivity index is 1.21. The zero-order chi connectivity index (χ0) is 44.5. The smallest absolute Gasteiger partial charge is 0.0535 e. The number of nitrogens with zero attached hydrogens (tertiary/aromatic N) is 1. The molecule has 0 bridgehead atoms. The second kappa shape index (κ2) is 17.3. The van der Waals surface area contributed by atoms with Crippen LogP contribution in [0.2, 0.25) is 0 Å². The maximum atomic E-state index is 2.45. The van der Waals surface area contributed by atoms with Crippen LogP contribution < -0.4 is 0 Å². The number of hydrogen-bond acceptors (Lipinski definition) is 0. The Labute approximate surface area is 392 Å². The molecule has 0 radical (unpaired) electrons. The first-order chi connectivity index (χ1) is 33.2. The molecule has 1 heteroatoms. The highest BCUT2D eigenvalue weighted by Gasteiger charge is 2.22. The van der Waals surface area contributed by atoms with E-state index in [0.29, 0.717) is 0 Å². The minimum atomic E-state index is 1.10. The highest BCUT2D eigenvalue weighted by molar-refractivity contribution is 6.22. The minimum Gasteiger partial charge on any atom is -0.309 e. The van der Waals surface area contributed by atoms with Gasteiger partial charge in [0.1, 0.15) is 0 Å². The summed E-state index contributed by atoms with van der Waals surface area (Å²) in [6.07, 6.45) is 0. The van der Waals surface area contributed by atoms with Crippen LogP contribution in [0.3, 0.4) is 0 Å². The highest BCUT2D eigenvalue weighted by Crippen LogP contribution is 2.48. The van der Waals surface area contributed by atoms with Crippen LogP contribution in [-0.2, 0) is 0 Å². The topological polar surface area (TPSA) is 4.93 Å². The largest absolute Gasteiger partial charge is 0.309 e. The average molecular weight is 852 g/mol. The molecule has 11 aromatic carbocycles. The maximum absolute atomic E-state index is 2.45. The van der Waals surface area contributed by atoms with Crippen LogP contribution in [0.15, 0.2) is 273 Å². The van der Waals surface area contributed by atoms with Gasteiger partial charge in [0.05, 0.1) is 11.4 Å². The fraction of sp³-hybridized carbons (Fsp3) is 0. The summed E-state index contributed by atoms with van der Waals surface area (Å²) in [6.45, 7) is 0. The van der Waals surface area contributed by atoms with Gasteiger partial charge in [0, 0.05) is 5.69 Å². The zero-order valence-corrected chi connectivity index (χ0v) is 36.9. The number of rotatable bonds is 9. The van der Waals surface area contributed by atoms with Crippen LogP contribution in [0.1, 0.15) is 0 Å². The van der Waals surface area contributed by atoms with Gasteiger partial charge < -0.3 is 4.57 Å². The van der Waals surface area contributed by atoms with Gasteiger partial charge in [-0.2, -0.15) is 0 Å². The van der Waals surface area contributed by atoms with Gasteiger partial charge in [0.25, 0.3) is 0 Å². The van der Waals surface area contributed by atoms with Gasteiger partial charge in [-0.1, -0.05) is 212 Å². The lowest BCUT2D eigenvalue weighted by atomic mass is 9.83. The molecule has 0 fully saturated rings. The normalized spacial score (nSPS) is 11.3. The molecule has 0 aliphatic carbocycles. The van der Waals surface area contributed by atoms with E-state index < -0.39 is 0 Å². The van der Waals surface area contributed by atoms with E-state index in [-0.39, 0.29) is 0 Å². The predicted molar refractivity (Wildman–Crippen MR) is 284 cm³/mol. The maximum Gasteiger partial charge on any atom is 0.0535 e. The molecule has 12 aromatic rings. The van der Waals surface area contributed by atoms with E-state index in [4.69, 9.17) is 0 Å². The van der Waals surface area contributed by atoms with Crippen molar-refractivity contribution in [3.8, 4) is 95.0 Å². The fourth-order valence-corrected chi connectivity index (χ4v) is 10.0. The quantitative estimate of drug-likeness (QED) is 0.128. The molecule has 0 aliphatic rings. The molecule has 0 aliphatic heterocycles. The predicted octanol–water partition coefficient (Wildman–Crippen LogP) is 18.1. The molecular formula is C66H45N. The van der Waals surface area contributed by atoms with E-state index in [9.17, 15) is 0 Å². The van der Waals surface area contributed by atoms with Gasteiger partial charge >= 0.3 is 0 Å². The Hall–Kier alpha value is -8.78. The van der Waals surface area contributed by atoms with Gasteiger partial charge in [0.2, 0.25) is 0 Å². The molecule has 0 atom stereocenters. The van der Waals surface area contributed by atoms with Crippen molar-refractivity contribution in [3.05, 3.63) is 273 Å². The molecule has 1 nitrogen and oxygen atoms in total. The Morgan fingerprint density at radius 3 is 0.821 bits per heavy atom. The van der Waals surface area contributed by atoms with E-state index in [2.05, 4.69) is 278 Å². The van der Waals surface area contributed by atoms with Crippen LogP contribution in [0.5, 0.6) is 0 Å². The van der Waals surface area contributed by atoms with Crippen molar-refractivity contribution in [1.29, 1.82) is 0 Å². The number of hydrogen-bond donors (Lipinski definition) is 0. The van der Waals surface area contributed by atoms with E-state index in [1.165, 1.54) is 99.4 Å². The Morgan fingerprint density at radius 1 is 0.179 bits per heavy atom. The summed E-state index contributed by atoms with van der Waals surface area (Å²) < 4.78 is 2.45. The lowest BCUT2D eigenvalue weighted by Crippen LogP contribution is -2.00.